The molecule has 0 aromatic rings. The van der Waals surface area contributed by atoms with Crippen molar-refractivity contribution in [3.63, 3.8) is 0 Å². The molecular weight excluding hydrogens is 336 g/mol. The molecule has 0 saturated carbocycles. The van der Waals surface area contributed by atoms with Crippen LogP contribution in [0.1, 0.15) is 33.6 Å². The Morgan fingerprint density at radius 3 is 2.12 bits per heavy atom. The number of nitriles is 3. The Bertz CT molecular complexity index is 777. The summed E-state index contributed by atoms with van der Waals surface area (Å²) < 4.78 is 9.83. The van der Waals surface area contributed by atoms with Gasteiger partial charge < -0.3 is 15.2 Å². The molecule has 0 radical (unpaired) electrons. The van der Waals surface area contributed by atoms with E-state index >= 15 is 0 Å². The Morgan fingerprint density at radius 1 is 1.12 bits per heavy atom. The fraction of sp³-hybridized carbons (Fsp3) is 0.500. The molecule has 8 heteroatoms. The van der Waals surface area contributed by atoms with Crippen molar-refractivity contribution < 1.29 is 19.1 Å². The Morgan fingerprint density at radius 2 is 1.65 bits per heavy atom. The SMILES string of the molecule is CCOC(=O)CC1=C[C@](C)(CC(=O)OCC)C(C#N)(C#N)C(N)=C1C#N. The predicted octanol–water partition coefficient (Wildman–Crippen LogP) is 1.61. The van der Waals surface area contributed by atoms with Gasteiger partial charge in [0, 0.05) is 5.41 Å². The number of ether oxygens (including phenoxy) is 2. The zero-order valence-corrected chi connectivity index (χ0v) is 15.0. The minimum absolute atomic E-state index is 0.123. The number of nitrogens with two attached hydrogens (primary N) is 1. The van der Waals surface area contributed by atoms with Gasteiger partial charge in [0.25, 0.3) is 0 Å². The zero-order chi connectivity index (χ0) is 20.0. The summed E-state index contributed by atoms with van der Waals surface area (Å²) in [4.78, 5) is 23.9. The molecule has 0 saturated heterocycles. The van der Waals surface area contributed by atoms with Crippen LogP contribution in [-0.2, 0) is 19.1 Å². The van der Waals surface area contributed by atoms with Gasteiger partial charge in [-0.1, -0.05) is 13.0 Å². The van der Waals surface area contributed by atoms with E-state index in [0.29, 0.717) is 0 Å². The monoisotopic (exact) mass is 356 g/mol. The Labute approximate surface area is 152 Å². The number of carbonyl (C=O) groups is 2. The van der Waals surface area contributed by atoms with Gasteiger partial charge in [0.15, 0.2) is 5.41 Å². The van der Waals surface area contributed by atoms with Gasteiger partial charge in [0.2, 0.25) is 0 Å². The molecule has 0 bridgehead atoms. The topological polar surface area (TPSA) is 150 Å². The number of rotatable bonds is 6. The van der Waals surface area contributed by atoms with Crippen LogP contribution >= 0.6 is 0 Å². The highest BCUT2D eigenvalue weighted by Crippen LogP contribution is 2.52. The van der Waals surface area contributed by atoms with Gasteiger partial charge in [-0.3, -0.25) is 9.59 Å². The largest absolute Gasteiger partial charge is 0.466 e. The van der Waals surface area contributed by atoms with E-state index in [-0.39, 0.29) is 42.9 Å². The molecular formula is C18H20N4O4. The summed E-state index contributed by atoms with van der Waals surface area (Å²) in [6.07, 6.45) is 0.846. The smallest absolute Gasteiger partial charge is 0.310 e. The van der Waals surface area contributed by atoms with E-state index in [2.05, 4.69) is 0 Å². The fourth-order valence-corrected chi connectivity index (χ4v) is 2.97. The lowest BCUT2D eigenvalue weighted by Crippen LogP contribution is -2.45. The van der Waals surface area contributed by atoms with Crippen molar-refractivity contribution in [2.24, 2.45) is 16.6 Å². The zero-order valence-electron chi connectivity index (χ0n) is 15.0. The second kappa shape index (κ2) is 8.18. The van der Waals surface area contributed by atoms with E-state index < -0.39 is 22.8 Å². The normalized spacial score (nSPS) is 20.8. The van der Waals surface area contributed by atoms with E-state index in [1.165, 1.54) is 13.0 Å². The van der Waals surface area contributed by atoms with Crippen LogP contribution in [0.15, 0.2) is 22.9 Å². The standard InChI is InChI=1S/C18H20N4O4/c1-4-25-14(23)6-12-7-17(3,8-15(24)26-5-2)18(10-20,11-21)16(22)13(12)9-19/h7H,4-6,8,22H2,1-3H3/t17-/m1/s1. The Kier molecular flexibility index (Phi) is 6.52. The van der Waals surface area contributed by atoms with E-state index in [9.17, 15) is 25.4 Å². The van der Waals surface area contributed by atoms with Crippen LogP contribution in [0.5, 0.6) is 0 Å². The van der Waals surface area contributed by atoms with Crippen LogP contribution in [0.3, 0.4) is 0 Å². The highest BCUT2D eigenvalue weighted by molar-refractivity contribution is 5.77. The maximum absolute atomic E-state index is 12.0. The summed E-state index contributed by atoms with van der Waals surface area (Å²) in [6.45, 7) is 5.07. The van der Waals surface area contributed by atoms with E-state index in [4.69, 9.17) is 15.2 Å². The van der Waals surface area contributed by atoms with Crippen LogP contribution in [0.2, 0.25) is 0 Å². The third-order valence-corrected chi connectivity index (χ3v) is 4.25. The first-order valence-electron chi connectivity index (χ1n) is 8.01. The lowest BCUT2D eigenvalue weighted by molar-refractivity contribution is -0.145. The van der Waals surface area contributed by atoms with E-state index in [1.807, 2.05) is 18.2 Å². The first-order valence-corrected chi connectivity index (χ1v) is 8.01. The third kappa shape index (κ3) is 3.53. The number of esters is 2. The highest BCUT2D eigenvalue weighted by Gasteiger charge is 2.55. The molecule has 1 aliphatic carbocycles. The predicted molar refractivity (Wildman–Crippen MR) is 89.2 cm³/mol. The number of hydrogen-bond donors (Lipinski definition) is 1. The molecule has 1 rings (SSSR count). The lowest BCUT2D eigenvalue weighted by Gasteiger charge is -2.41. The average Bonchev–Trinajstić information content (AvgIpc) is 2.56. The molecule has 8 nitrogen and oxygen atoms in total. The number of hydrogen-bond acceptors (Lipinski definition) is 8. The van der Waals surface area contributed by atoms with Crippen molar-refractivity contribution in [3.05, 3.63) is 22.9 Å². The van der Waals surface area contributed by atoms with Crippen LogP contribution in [0.25, 0.3) is 0 Å². The van der Waals surface area contributed by atoms with Crippen LogP contribution in [0.4, 0.5) is 0 Å². The van der Waals surface area contributed by atoms with Gasteiger partial charge in [-0.05, 0) is 19.4 Å². The molecule has 0 aliphatic heterocycles. The molecule has 0 fully saturated rings. The van der Waals surface area contributed by atoms with Crippen molar-refractivity contribution in [3.8, 4) is 18.2 Å². The van der Waals surface area contributed by atoms with Crippen LogP contribution in [0, 0.1) is 44.8 Å². The maximum Gasteiger partial charge on any atom is 0.310 e. The summed E-state index contributed by atoms with van der Waals surface area (Å²) in [5.74, 6) is -1.20. The molecule has 1 atom stereocenters. The molecule has 0 aromatic heterocycles. The summed E-state index contributed by atoms with van der Waals surface area (Å²) in [7, 11) is 0. The number of allylic oxidation sites excluding steroid dienone is 3. The van der Waals surface area contributed by atoms with Gasteiger partial charge in [0.1, 0.15) is 6.07 Å². The van der Waals surface area contributed by atoms with Crippen molar-refractivity contribution in [2.75, 3.05) is 13.2 Å². The highest BCUT2D eigenvalue weighted by atomic mass is 16.5. The Hall–Kier alpha value is -3.31. The van der Waals surface area contributed by atoms with E-state index in [0.717, 1.165) is 0 Å². The quantitative estimate of drug-likeness (QED) is 0.705. The molecule has 0 aromatic carbocycles. The summed E-state index contributed by atoms with van der Waals surface area (Å²) in [5.41, 5.74) is 2.52. The molecule has 0 heterocycles. The summed E-state index contributed by atoms with van der Waals surface area (Å²) in [5, 5.41) is 28.8. The van der Waals surface area contributed by atoms with Gasteiger partial charge in [-0.15, -0.1) is 0 Å². The maximum atomic E-state index is 12.0. The molecule has 0 unspecified atom stereocenters. The van der Waals surface area contributed by atoms with Gasteiger partial charge in [0.05, 0.1) is 49.5 Å². The van der Waals surface area contributed by atoms with Crippen LogP contribution in [-0.4, -0.2) is 25.2 Å². The molecule has 2 N–H and O–H groups in total. The van der Waals surface area contributed by atoms with Crippen molar-refractivity contribution >= 4 is 11.9 Å². The molecule has 26 heavy (non-hydrogen) atoms. The second-order valence-corrected chi connectivity index (χ2v) is 5.92. The first-order chi connectivity index (χ1) is 12.2. The van der Waals surface area contributed by atoms with Gasteiger partial charge in [-0.2, -0.15) is 15.8 Å². The Balaban J connectivity index is 3.55. The average molecular weight is 356 g/mol. The minimum atomic E-state index is -1.94. The van der Waals surface area contributed by atoms with Gasteiger partial charge >= 0.3 is 11.9 Å². The van der Waals surface area contributed by atoms with Crippen molar-refractivity contribution in [2.45, 2.75) is 33.6 Å². The van der Waals surface area contributed by atoms with E-state index in [1.54, 1.807) is 13.8 Å². The molecule has 136 valence electrons. The minimum Gasteiger partial charge on any atom is -0.466 e. The summed E-state index contributed by atoms with van der Waals surface area (Å²) in [6, 6.07) is 5.56. The van der Waals surface area contributed by atoms with Crippen molar-refractivity contribution in [1.82, 2.24) is 0 Å². The third-order valence-electron chi connectivity index (χ3n) is 4.25. The molecule has 0 spiro atoms. The number of carbonyl (C=O) groups excluding carboxylic acids is 2. The first kappa shape index (κ1) is 20.7. The molecule has 1 aliphatic rings. The van der Waals surface area contributed by atoms with Crippen molar-refractivity contribution in [1.29, 1.82) is 15.8 Å². The molecule has 0 amide bonds. The lowest BCUT2D eigenvalue weighted by atomic mass is 9.58. The van der Waals surface area contributed by atoms with Gasteiger partial charge in [-0.25, -0.2) is 0 Å². The van der Waals surface area contributed by atoms with Crippen LogP contribution < -0.4 is 5.73 Å². The number of nitrogens with zero attached hydrogens (tertiary/aromatic N) is 3. The summed E-state index contributed by atoms with van der Waals surface area (Å²) >= 11 is 0. The second-order valence-electron chi connectivity index (χ2n) is 5.92. The fourth-order valence-electron chi connectivity index (χ4n) is 2.97.